The van der Waals surface area contributed by atoms with E-state index in [0.29, 0.717) is 12.1 Å². The molecule has 0 spiro atoms. The lowest BCUT2D eigenvalue weighted by Gasteiger charge is -2.37. The molecule has 1 aliphatic carbocycles. The van der Waals surface area contributed by atoms with Crippen molar-refractivity contribution in [2.24, 2.45) is 0 Å². The Hall–Kier alpha value is -2.60. The molecule has 27 heavy (non-hydrogen) atoms. The second kappa shape index (κ2) is 7.19. The summed E-state index contributed by atoms with van der Waals surface area (Å²) in [7, 11) is 1.90. The van der Waals surface area contributed by atoms with E-state index in [1.165, 1.54) is 18.8 Å². The van der Waals surface area contributed by atoms with Crippen molar-refractivity contribution in [1.82, 2.24) is 19.0 Å². The minimum absolute atomic E-state index is 0.152. The quantitative estimate of drug-likeness (QED) is 0.506. The van der Waals surface area contributed by atoms with Gasteiger partial charge in [0.25, 0.3) is 0 Å². The molecule has 0 saturated heterocycles. The van der Waals surface area contributed by atoms with Crippen LogP contribution in [0.3, 0.4) is 0 Å². The van der Waals surface area contributed by atoms with Crippen molar-refractivity contribution in [3.05, 3.63) is 54.4 Å². The molecule has 3 aliphatic rings. The van der Waals surface area contributed by atoms with Crippen LogP contribution in [0.2, 0.25) is 0 Å². The fourth-order valence-corrected chi connectivity index (χ4v) is 4.11. The molecular formula is C21H24FN4O+. The first-order valence-corrected chi connectivity index (χ1v) is 9.48. The zero-order valence-corrected chi connectivity index (χ0v) is 15.5. The Balaban J connectivity index is 1.60. The summed E-state index contributed by atoms with van der Waals surface area (Å²) in [6.45, 7) is 0.406. The van der Waals surface area contributed by atoms with E-state index in [2.05, 4.69) is 9.97 Å². The normalized spacial score (nSPS) is 17.7. The van der Waals surface area contributed by atoms with Gasteiger partial charge < -0.3 is 4.57 Å². The minimum atomic E-state index is -0.282. The monoisotopic (exact) mass is 367 g/mol. The van der Waals surface area contributed by atoms with Crippen molar-refractivity contribution in [3.8, 4) is 11.4 Å². The summed E-state index contributed by atoms with van der Waals surface area (Å²) in [5.74, 6) is -0.282. The average Bonchev–Trinajstić information content (AvgIpc) is 3.17. The van der Waals surface area contributed by atoms with E-state index in [4.69, 9.17) is 0 Å². The van der Waals surface area contributed by atoms with Crippen molar-refractivity contribution in [1.29, 1.82) is 0 Å². The predicted molar refractivity (Wildman–Crippen MR) is 103 cm³/mol. The number of aromatic nitrogens is 3. The Morgan fingerprint density at radius 3 is 2.70 bits per heavy atom. The van der Waals surface area contributed by atoms with Crippen LogP contribution in [0.4, 0.5) is 10.1 Å². The zero-order valence-electron chi connectivity index (χ0n) is 15.5. The lowest BCUT2D eigenvalue weighted by Crippen LogP contribution is -2.53. The summed E-state index contributed by atoms with van der Waals surface area (Å²) in [5, 5.41) is 0. The van der Waals surface area contributed by atoms with Crippen LogP contribution in [-0.2, 0) is 11.3 Å². The number of imidazole rings is 1. The number of nitrogens with zero attached hydrogens (tertiary/aromatic N) is 4. The van der Waals surface area contributed by atoms with Crippen LogP contribution in [0.1, 0.15) is 37.7 Å². The molecule has 1 fully saturated rings. The van der Waals surface area contributed by atoms with Crippen molar-refractivity contribution >= 4 is 12.1 Å². The Morgan fingerprint density at radius 1 is 1.19 bits per heavy atom. The molecule has 0 bridgehead atoms. The number of amides is 1. The molecular weight excluding hydrogens is 343 g/mol. The molecule has 4 rings (SSSR count). The number of fused-ring (bicyclic) bond motifs is 1. The number of rotatable bonds is 5. The number of carbonyl (C=O) groups is 1. The maximum atomic E-state index is 14.9. The van der Waals surface area contributed by atoms with E-state index < -0.39 is 0 Å². The molecule has 6 heteroatoms. The van der Waals surface area contributed by atoms with E-state index in [1.807, 2.05) is 36.1 Å². The largest absolute Gasteiger partial charge is 0.347 e. The molecule has 0 radical (unpaired) electrons. The van der Waals surface area contributed by atoms with E-state index in [0.717, 1.165) is 49.2 Å². The Bertz CT molecular complexity index is 918. The standard InChI is InChI=1S/C21H24FN4O/c1-26(15-27,17-5-3-2-4-6-17)18-8-7-16(19(22)11-18)12-25-10-9-20-21(13-25)24-14-23-20/h7-11,13-15,17H,2-6,12H2,1H3/q+1. The second-order valence-electron chi connectivity index (χ2n) is 7.58. The van der Waals surface area contributed by atoms with Gasteiger partial charge in [-0.3, -0.25) is 0 Å². The first-order valence-electron chi connectivity index (χ1n) is 9.48. The molecule has 5 nitrogen and oxygen atoms in total. The molecule has 1 atom stereocenters. The Kier molecular flexibility index (Phi) is 4.74. The SMILES string of the molecule is C[N+](C=O)(c1ccc(Cn2ccc3ncnc-3c2)c(F)c1)C1CCCCC1. The van der Waals surface area contributed by atoms with Gasteiger partial charge in [-0.05, 0) is 25.0 Å². The van der Waals surface area contributed by atoms with Crippen LogP contribution >= 0.6 is 0 Å². The summed E-state index contributed by atoms with van der Waals surface area (Å²) in [6.07, 6.45) is 11.7. The van der Waals surface area contributed by atoms with E-state index in [-0.39, 0.29) is 16.3 Å². The molecule has 1 aromatic carbocycles. The van der Waals surface area contributed by atoms with Crippen molar-refractivity contribution in [2.45, 2.75) is 44.7 Å². The van der Waals surface area contributed by atoms with Crippen LogP contribution < -0.4 is 4.48 Å². The predicted octanol–water partition coefficient (Wildman–Crippen LogP) is 4.00. The number of hydrogen-bond donors (Lipinski definition) is 0. The van der Waals surface area contributed by atoms with Gasteiger partial charge in [0.2, 0.25) is 0 Å². The number of carbonyl (C=O) groups excluding carboxylic acids is 1. The topological polar surface area (TPSA) is 47.8 Å². The number of benzene rings is 1. The van der Waals surface area contributed by atoms with Crippen LogP contribution in [0.15, 0.2) is 43.0 Å². The van der Waals surface area contributed by atoms with Gasteiger partial charge in [-0.15, -0.1) is 0 Å². The van der Waals surface area contributed by atoms with E-state index >= 15 is 0 Å². The third kappa shape index (κ3) is 3.37. The molecule has 140 valence electrons. The third-order valence-corrected chi connectivity index (χ3v) is 5.87. The van der Waals surface area contributed by atoms with Crippen molar-refractivity contribution in [3.63, 3.8) is 0 Å². The van der Waals surface area contributed by atoms with Gasteiger partial charge in [0.05, 0.1) is 12.7 Å². The Labute approximate surface area is 158 Å². The van der Waals surface area contributed by atoms with Crippen LogP contribution in [-0.4, -0.2) is 34.0 Å². The van der Waals surface area contributed by atoms with Crippen molar-refractivity contribution < 1.29 is 9.18 Å². The summed E-state index contributed by atoms with van der Waals surface area (Å²) in [4.78, 5) is 20.3. The minimum Gasteiger partial charge on any atom is -0.347 e. The molecule has 2 aliphatic heterocycles. The molecule has 1 saturated carbocycles. The highest BCUT2D eigenvalue weighted by Gasteiger charge is 2.36. The maximum Gasteiger partial charge on any atom is 0.306 e. The molecule has 1 unspecified atom stereocenters. The highest BCUT2D eigenvalue weighted by molar-refractivity contribution is 5.69. The van der Waals surface area contributed by atoms with E-state index in [1.54, 1.807) is 6.07 Å². The lowest BCUT2D eigenvalue weighted by molar-refractivity contribution is -0.118. The fourth-order valence-electron chi connectivity index (χ4n) is 4.11. The second-order valence-corrected chi connectivity index (χ2v) is 7.58. The molecule has 2 heterocycles. The van der Waals surface area contributed by atoms with Gasteiger partial charge in [0.15, 0.2) is 0 Å². The van der Waals surface area contributed by atoms with Gasteiger partial charge in [0.1, 0.15) is 29.6 Å². The number of pyridine rings is 1. The van der Waals surface area contributed by atoms with Gasteiger partial charge in [-0.25, -0.2) is 23.6 Å². The molecule has 1 aromatic rings. The summed E-state index contributed by atoms with van der Waals surface area (Å²) in [5.41, 5.74) is 2.93. The van der Waals surface area contributed by atoms with E-state index in [9.17, 15) is 9.18 Å². The van der Waals surface area contributed by atoms with Gasteiger partial charge in [-0.1, -0.05) is 6.42 Å². The zero-order chi connectivity index (χ0) is 18.9. The lowest BCUT2D eigenvalue weighted by atomic mass is 9.92. The third-order valence-electron chi connectivity index (χ3n) is 5.87. The highest BCUT2D eigenvalue weighted by atomic mass is 19.1. The van der Waals surface area contributed by atoms with Crippen molar-refractivity contribution in [2.75, 3.05) is 7.05 Å². The van der Waals surface area contributed by atoms with Crippen LogP contribution in [0.25, 0.3) is 11.4 Å². The summed E-state index contributed by atoms with van der Waals surface area (Å²) >= 11 is 0. The first-order chi connectivity index (χ1) is 13.1. The summed E-state index contributed by atoms with van der Waals surface area (Å²) in [6, 6.07) is 7.32. The van der Waals surface area contributed by atoms with Crippen LogP contribution in [0, 0.1) is 5.82 Å². The fraction of sp³-hybridized carbons (Fsp3) is 0.381. The summed E-state index contributed by atoms with van der Waals surface area (Å²) < 4.78 is 16.9. The first kappa shape index (κ1) is 17.8. The van der Waals surface area contributed by atoms with Crippen LogP contribution in [0.5, 0.6) is 0 Å². The smallest absolute Gasteiger partial charge is 0.306 e. The molecule has 0 N–H and O–H groups in total. The number of halogens is 1. The maximum absolute atomic E-state index is 14.9. The molecule has 1 amide bonds. The molecule has 0 aromatic heterocycles. The van der Waals surface area contributed by atoms with Gasteiger partial charge in [0, 0.05) is 49.5 Å². The Morgan fingerprint density at radius 2 is 1.96 bits per heavy atom. The number of quaternary nitrogens is 1. The number of hydrogen-bond acceptors (Lipinski definition) is 3. The van der Waals surface area contributed by atoms with Gasteiger partial charge >= 0.3 is 6.41 Å². The average molecular weight is 367 g/mol. The van der Waals surface area contributed by atoms with Gasteiger partial charge in [-0.2, -0.15) is 0 Å². The highest BCUT2D eigenvalue weighted by Crippen LogP contribution is 2.32.